The zero-order valence-corrected chi connectivity index (χ0v) is 22.3. The summed E-state index contributed by atoms with van der Waals surface area (Å²) >= 11 is 0. The molecule has 5 rings (SSSR count). The summed E-state index contributed by atoms with van der Waals surface area (Å²) < 4.78 is 6.36. The van der Waals surface area contributed by atoms with Crippen molar-refractivity contribution in [1.29, 1.82) is 0 Å². The van der Waals surface area contributed by atoms with E-state index in [0.29, 0.717) is 12.4 Å². The topological polar surface area (TPSA) is 66.8 Å². The zero-order chi connectivity index (χ0) is 25.6. The number of carbonyl (C=O) groups is 2. The Kier molecular flexibility index (Phi) is 7.13. The monoisotopic (exact) mass is 491 g/mol. The van der Waals surface area contributed by atoms with E-state index < -0.39 is 0 Å². The van der Waals surface area contributed by atoms with Crippen LogP contribution in [0.25, 0.3) is 6.08 Å². The Morgan fingerprint density at radius 1 is 1.08 bits per heavy atom. The number of imide groups is 1. The number of phenols is 1. The van der Waals surface area contributed by atoms with Gasteiger partial charge in [-0.25, -0.2) is 0 Å². The van der Waals surface area contributed by atoms with Crippen LogP contribution >= 0.6 is 0 Å². The van der Waals surface area contributed by atoms with Crippen LogP contribution in [-0.4, -0.2) is 40.6 Å². The fourth-order valence-corrected chi connectivity index (χ4v) is 7.32. The number of aryl methyl sites for hydroxylation is 2. The smallest absolute Gasteiger partial charge is 0.234 e. The molecule has 2 saturated heterocycles. The molecular weight excluding hydrogens is 450 g/mol. The summed E-state index contributed by atoms with van der Waals surface area (Å²) in [5.74, 6) is 0.172. The molecule has 4 atom stereocenters. The number of benzene rings is 1. The number of hydrogen-bond donors (Lipinski definition) is 1. The largest absolute Gasteiger partial charge is 0.507 e. The number of phenolic OH excluding ortho intramolecular Hbond substituents is 1. The first-order chi connectivity index (χ1) is 17.3. The third kappa shape index (κ3) is 4.44. The molecule has 4 aliphatic rings. The molecule has 194 valence electrons. The van der Waals surface area contributed by atoms with Crippen LogP contribution in [0.2, 0.25) is 0 Å². The average Bonchev–Trinajstić information content (AvgIpc) is 3.39. The Bertz CT molecular complexity index is 1090. The van der Waals surface area contributed by atoms with E-state index in [1.807, 2.05) is 26.0 Å². The molecule has 1 aromatic rings. The third-order valence-corrected chi connectivity index (χ3v) is 9.14. The molecule has 0 radical (unpaired) electrons. The lowest BCUT2D eigenvalue weighted by Crippen LogP contribution is -2.42. The number of nitrogens with zero attached hydrogens (tertiary/aromatic N) is 1. The maximum atomic E-state index is 13.6. The highest BCUT2D eigenvalue weighted by Gasteiger charge is 2.57. The molecule has 1 N–H and O–H groups in total. The first-order valence-corrected chi connectivity index (χ1v) is 14.0. The average molecular weight is 492 g/mol. The van der Waals surface area contributed by atoms with Gasteiger partial charge in [-0.1, -0.05) is 43.4 Å². The Morgan fingerprint density at radius 3 is 2.44 bits per heavy atom. The van der Waals surface area contributed by atoms with Gasteiger partial charge in [0.05, 0.1) is 24.5 Å². The number of likely N-dealkylation sites (tertiary alicyclic amines) is 1. The minimum Gasteiger partial charge on any atom is -0.507 e. The predicted octanol–water partition coefficient (Wildman–Crippen LogP) is 6.25. The Hall–Kier alpha value is -2.40. The lowest BCUT2D eigenvalue weighted by molar-refractivity contribution is -0.143. The van der Waals surface area contributed by atoms with Crippen molar-refractivity contribution < 1.29 is 19.4 Å². The highest BCUT2D eigenvalue weighted by molar-refractivity contribution is 6.06. The number of ether oxygens (including phenoxy) is 1. The number of hydrogen-bond acceptors (Lipinski definition) is 4. The van der Waals surface area contributed by atoms with E-state index in [4.69, 9.17) is 4.74 Å². The Labute approximate surface area is 215 Å². The SMILES string of the molecule is CCC1=C2[C@@H](CC/C(C)=C/c3cc(C)c(O)c(C)c3)OC[C@@H]2[C@@H]2C(=O)N(C3CCCCC3)C(=O)[C@@H]2C1. The molecule has 0 unspecified atom stereocenters. The van der Waals surface area contributed by atoms with Crippen LogP contribution in [0.4, 0.5) is 0 Å². The summed E-state index contributed by atoms with van der Waals surface area (Å²) in [7, 11) is 0. The van der Waals surface area contributed by atoms with Gasteiger partial charge in [0.15, 0.2) is 0 Å². The molecule has 3 fully saturated rings. The summed E-state index contributed by atoms with van der Waals surface area (Å²) in [5.41, 5.74) is 6.84. The summed E-state index contributed by atoms with van der Waals surface area (Å²) in [6, 6.07) is 4.15. The van der Waals surface area contributed by atoms with Gasteiger partial charge >= 0.3 is 0 Å². The van der Waals surface area contributed by atoms with Gasteiger partial charge in [0.2, 0.25) is 11.8 Å². The minimum absolute atomic E-state index is 0.0316. The number of carbonyl (C=O) groups excluding carboxylic acids is 2. The van der Waals surface area contributed by atoms with E-state index in [1.54, 1.807) is 4.90 Å². The third-order valence-electron chi connectivity index (χ3n) is 9.14. The van der Waals surface area contributed by atoms with Crippen LogP contribution in [0.1, 0.15) is 88.3 Å². The standard InChI is InChI=1S/C31H41NO4/c1-5-22-16-24-28(31(35)32(30(24)34)23-9-7-6-8-10-23)25-17-36-26(27(22)25)12-11-18(2)13-21-14-19(3)29(33)20(4)15-21/h13-15,23-26,28,33H,5-12,16-17H2,1-4H3/b18-13+/t24-,25+,26-,28-/m1/s1. The molecule has 2 aliphatic heterocycles. The number of amides is 2. The second-order valence-corrected chi connectivity index (χ2v) is 11.5. The van der Waals surface area contributed by atoms with Gasteiger partial charge in [-0.05, 0) is 93.7 Å². The fraction of sp³-hybridized carbons (Fsp3) is 0.613. The van der Waals surface area contributed by atoms with Crippen LogP contribution in [0.15, 0.2) is 28.9 Å². The molecule has 0 spiro atoms. The van der Waals surface area contributed by atoms with Crippen molar-refractivity contribution in [1.82, 2.24) is 4.90 Å². The maximum absolute atomic E-state index is 13.6. The molecule has 0 aromatic heterocycles. The maximum Gasteiger partial charge on any atom is 0.234 e. The Morgan fingerprint density at radius 2 is 1.78 bits per heavy atom. The molecule has 0 bridgehead atoms. The predicted molar refractivity (Wildman–Crippen MR) is 141 cm³/mol. The van der Waals surface area contributed by atoms with Crippen molar-refractivity contribution in [3.63, 3.8) is 0 Å². The molecule has 1 aromatic carbocycles. The van der Waals surface area contributed by atoms with Crippen molar-refractivity contribution in [2.75, 3.05) is 6.61 Å². The van der Waals surface area contributed by atoms with Gasteiger partial charge in [-0.3, -0.25) is 14.5 Å². The lowest BCUT2D eigenvalue weighted by Gasteiger charge is -2.31. The van der Waals surface area contributed by atoms with Gasteiger partial charge in [0.1, 0.15) is 5.75 Å². The van der Waals surface area contributed by atoms with Crippen LogP contribution in [-0.2, 0) is 14.3 Å². The van der Waals surface area contributed by atoms with E-state index in [2.05, 4.69) is 19.9 Å². The van der Waals surface area contributed by atoms with Crippen molar-refractivity contribution in [2.45, 2.75) is 97.6 Å². The van der Waals surface area contributed by atoms with Crippen LogP contribution < -0.4 is 0 Å². The normalized spacial score (nSPS) is 29.2. The summed E-state index contributed by atoms with van der Waals surface area (Å²) in [4.78, 5) is 28.8. The number of rotatable bonds is 6. The minimum atomic E-state index is -0.227. The molecule has 36 heavy (non-hydrogen) atoms. The van der Waals surface area contributed by atoms with E-state index in [9.17, 15) is 14.7 Å². The second kappa shape index (κ2) is 10.2. The Balaban J connectivity index is 1.32. The van der Waals surface area contributed by atoms with E-state index in [-0.39, 0.29) is 41.7 Å². The first-order valence-electron chi connectivity index (χ1n) is 14.0. The van der Waals surface area contributed by atoms with Gasteiger partial charge < -0.3 is 9.84 Å². The molecular formula is C31H41NO4. The van der Waals surface area contributed by atoms with Crippen LogP contribution in [0.3, 0.4) is 0 Å². The highest BCUT2D eigenvalue weighted by Crippen LogP contribution is 2.51. The van der Waals surface area contributed by atoms with Crippen molar-refractivity contribution in [3.8, 4) is 5.75 Å². The summed E-state index contributed by atoms with van der Waals surface area (Å²) in [5, 5.41) is 10.1. The highest BCUT2D eigenvalue weighted by atomic mass is 16.5. The number of allylic oxidation sites excluding steroid dienone is 2. The van der Waals surface area contributed by atoms with Gasteiger partial charge in [-0.15, -0.1) is 0 Å². The van der Waals surface area contributed by atoms with Crippen molar-refractivity contribution >= 4 is 17.9 Å². The first kappa shape index (κ1) is 25.3. The summed E-state index contributed by atoms with van der Waals surface area (Å²) in [6.07, 6.45) is 11.0. The second-order valence-electron chi connectivity index (χ2n) is 11.5. The van der Waals surface area contributed by atoms with Gasteiger partial charge in [0.25, 0.3) is 0 Å². The van der Waals surface area contributed by atoms with Gasteiger partial charge in [0, 0.05) is 12.0 Å². The molecule has 5 heteroatoms. The van der Waals surface area contributed by atoms with Crippen molar-refractivity contribution in [3.05, 3.63) is 45.5 Å². The molecule has 5 nitrogen and oxygen atoms in total. The lowest BCUT2D eigenvalue weighted by atomic mass is 9.69. The molecule has 2 amide bonds. The van der Waals surface area contributed by atoms with Crippen LogP contribution in [0, 0.1) is 31.6 Å². The number of aromatic hydroxyl groups is 1. The zero-order valence-electron chi connectivity index (χ0n) is 22.3. The molecule has 2 heterocycles. The fourth-order valence-electron chi connectivity index (χ4n) is 7.32. The van der Waals surface area contributed by atoms with Crippen LogP contribution in [0.5, 0.6) is 5.75 Å². The quantitative estimate of drug-likeness (QED) is 0.377. The molecule has 1 saturated carbocycles. The van der Waals surface area contributed by atoms with E-state index in [0.717, 1.165) is 68.1 Å². The van der Waals surface area contributed by atoms with E-state index in [1.165, 1.54) is 23.1 Å². The van der Waals surface area contributed by atoms with E-state index >= 15 is 0 Å². The van der Waals surface area contributed by atoms with Crippen molar-refractivity contribution in [2.24, 2.45) is 17.8 Å². The van der Waals surface area contributed by atoms with Gasteiger partial charge in [-0.2, -0.15) is 0 Å². The number of fused-ring (bicyclic) bond motifs is 3. The molecule has 2 aliphatic carbocycles. The summed E-state index contributed by atoms with van der Waals surface area (Å²) in [6.45, 7) is 8.75.